The summed E-state index contributed by atoms with van der Waals surface area (Å²) in [7, 11) is 0. The van der Waals surface area contributed by atoms with Crippen molar-refractivity contribution in [2.45, 2.75) is 10.5 Å². The molecule has 0 aliphatic carbocycles. The van der Waals surface area contributed by atoms with Crippen LogP contribution >= 0.6 is 23.5 Å². The van der Waals surface area contributed by atoms with Crippen molar-refractivity contribution in [3.8, 4) is 0 Å². The van der Waals surface area contributed by atoms with Gasteiger partial charge in [-0.05, 0) is 10.8 Å². The molecule has 2 aliphatic rings. The summed E-state index contributed by atoms with van der Waals surface area (Å²) in [6, 6.07) is 0. The first-order valence-electron chi connectivity index (χ1n) is 6.34. The van der Waals surface area contributed by atoms with Gasteiger partial charge in [-0.2, -0.15) is 0 Å². The van der Waals surface area contributed by atoms with E-state index in [2.05, 4.69) is 0 Å². The monoisotopic (exact) mass is 374 g/mol. The maximum atomic E-state index is 10.4. The minimum atomic E-state index is -1.05. The van der Waals surface area contributed by atoms with Crippen LogP contribution in [0.3, 0.4) is 0 Å². The van der Waals surface area contributed by atoms with E-state index in [4.69, 9.17) is 0 Å². The Kier molecular flexibility index (Phi) is 13.4. The molecule has 0 radical (unpaired) electrons. The van der Waals surface area contributed by atoms with Gasteiger partial charge in [-0.25, -0.2) is 0 Å². The van der Waals surface area contributed by atoms with Crippen LogP contribution in [0.2, 0.25) is 0 Å². The third kappa shape index (κ3) is 10.7. The van der Waals surface area contributed by atoms with Gasteiger partial charge in [0, 0.05) is 0 Å². The van der Waals surface area contributed by atoms with Crippen LogP contribution in [-0.4, -0.2) is 60.2 Å². The molecule has 2 unspecified atom stereocenters. The topological polar surface area (TPSA) is 80.3 Å². The van der Waals surface area contributed by atoms with E-state index >= 15 is 0 Å². The number of hydrogen-bond acceptors (Lipinski definition) is 6. The summed E-state index contributed by atoms with van der Waals surface area (Å²) in [6.07, 6.45) is 17.4. The Morgan fingerprint density at radius 2 is 1.00 bits per heavy atom. The van der Waals surface area contributed by atoms with Gasteiger partial charge in [-0.1, -0.05) is 60.8 Å². The summed E-state index contributed by atoms with van der Waals surface area (Å²) in [6.45, 7) is 0. The number of carboxylic acid groups (broad SMARTS) is 2. The molecular weight excluding hydrogens is 360 g/mol. The quantitative estimate of drug-likeness (QED) is 0.658. The minimum absolute atomic E-state index is 0. The average Bonchev–Trinajstić information content (AvgIpc) is 2.37. The number of allylic oxidation sites excluding steroid dienone is 8. The molecule has 0 N–H and O–H groups in total. The summed E-state index contributed by atoms with van der Waals surface area (Å²) < 4.78 is 0. The Hall–Kier alpha value is -0.660. The van der Waals surface area contributed by atoms with Crippen LogP contribution in [0.4, 0.5) is 0 Å². The van der Waals surface area contributed by atoms with Crippen LogP contribution in [0.5, 0.6) is 0 Å². The molecule has 0 fully saturated rings. The van der Waals surface area contributed by atoms with Crippen LogP contribution in [0.1, 0.15) is 0 Å². The van der Waals surface area contributed by atoms with E-state index in [-0.39, 0.29) is 37.7 Å². The standard InChI is InChI=1S/2C8H8O2S.Ca/c2*9-8(10)7-5-3-1-2-4-6-11-7;/h2*1-7H,(H,9,10);/q;;+2/p-2/b2*2-1-,5-3-,6-4-;. The molecule has 0 bridgehead atoms. The summed E-state index contributed by atoms with van der Waals surface area (Å²) in [4.78, 5) is 20.8. The molecule has 0 saturated heterocycles. The normalized spacial score (nSPS) is 30.1. The van der Waals surface area contributed by atoms with Crippen molar-refractivity contribution in [1.82, 2.24) is 0 Å². The van der Waals surface area contributed by atoms with E-state index in [9.17, 15) is 19.8 Å². The van der Waals surface area contributed by atoms with E-state index in [1.807, 2.05) is 12.2 Å². The number of carboxylic acids is 2. The first kappa shape index (κ1) is 22.3. The van der Waals surface area contributed by atoms with Crippen LogP contribution in [0, 0.1) is 0 Å². The molecule has 0 spiro atoms. The molecule has 4 nitrogen and oxygen atoms in total. The van der Waals surface area contributed by atoms with E-state index in [0.29, 0.717) is 0 Å². The van der Waals surface area contributed by atoms with E-state index in [1.54, 1.807) is 59.4 Å². The molecule has 2 heterocycles. The summed E-state index contributed by atoms with van der Waals surface area (Å²) in [5, 5.41) is 23.1. The number of rotatable bonds is 2. The second-order valence-corrected chi connectivity index (χ2v) is 6.05. The molecule has 0 aromatic carbocycles. The number of carbonyl (C=O) groups excluding carboxylic acids is 2. The van der Waals surface area contributed by atoms with Crippen LogP contribution in [0.25, 0.3) is 0 Å². The van der Waals surface area contributed by atoms with Crippen molar-refractivity contribution in [3.05, 3.63) is 71.6 Å². The molecule has 7 heteroatoms. The zero-order valence-electron chi connectivity index (χ0n) is 12.2. The molecule has 0 aromatic heterocycles. The van der Waals surface area contributed by atoms with Crippen molar-refractivity contribution in [2.24, 2.45) is 0 Å². The molecule has 116 valence electrons. The van der Waals surface area contributed by atoms with Gasteiger partial charge in [0.15, 0.2) is 0 Å². The van der Waals surface area contributed by atoms with Crippen molar-refractivity contribution in [1.29, 1.82) is 0 Å². The maximum Gasteiger partial charge on any atom is 2.00 e. The number of hydrogen-bond donors (Lipinski definition) is 0. The second-order valence-electron chi connectivity index (χ2n) is 3.95. The van der Waals surface area contributed by atoms with Crippen molar-refractivity contribution in [3.63, 3.8) is 0 Å². The predicted molar refractivity (Wildman–Crippen MR) is 93.4 cm³/mol. The summed E-state index contributed by atoms with van der Waals surface area (Å²) >= 11 is 2.45. The molecule has 2 atom stereocenters. The zero-order chi connectivity index (χ0) is 16.2. The third-order valence-electron chi connectivity index (χ3n) is 2.31. The fraction of sp³-hybridized carbons (Fsp3) is 0.125. The predicted octanol–water partition coefficient (Wildman–Crippen LogP) is 0.575. The Labute approximate surface area is 173 Å². The van der Waals surface area contributed by atoms with E-state index in [1.165, 1.54) is 23.5 Å². The third-order valence-corrected chi connectivity index (χ3v) is 4.22. The van der Waals surface area contributed by atoms with Crippen LogP contribution in [-0.2, 0) is 9.59 Å². The minimum Gasteiger partial charge on any atom is -0.549 e. The Bertz CT molecular complexity index is 512. The van der Waals surface area contributed by atoms with Gasteiger partial charge in [0.05, 0.1) is 22.4 Å². The van der Waals surface area contributed by atoms with Crippen molar-refractivity contribution >= 4 is 73.2 Å². The summed E-state index contributed by atoms with van der Waals surface area (Å²) in [5.41, 5.74) is 0. The average molecular weight is 374 g/mol. The number of thioether (sulfide) groups is 2. The Morgan fingerprint density at radius 1 is 0.652 bits per heavy atom. The maximum absolute atomic E-state index is 10.4. The van der Waals surface area contributed by atoms with Gasteiger partial charge in [0.2, 0.25) is 0 Å². The Balaban J connectivity index is 0.000000403. The second kappa shape index (κ2) is 13.7. The largest absolute Gasteiger partial charge is 2.00 e. The van der Waals surface area contributed by atoms with Crippen molar-refractivity contribution in [2.75, 3.05) is 0 Å². The van der Waals surface area contributed by atoms with Gasteiger partial charge >= 0.3 is 37.7 Å². The van der Waals surface area contributed by atoms with Gasteiger partial charge in [0.1, 0.15) is 0 Å². The van der Waals surface area contributed by atoms with E-state index < -0.39 is 22.4 Å². The first-order chi connectivity index (χ1) is 10.6. The fourth-order valence-electron chi connectivity index (χ4n) is 1.30. The molecule has 0 saturated carbocycles. The van der Waals surface area contributed by atoms with Crippen LogP contribution in [0.15, 0.2) is 71.6 Å². The smallest absolute Gasteiger partial charge is 0.549 e. The molecule has 2 rings (SSSR count). The first-order valence-corrected chi connectivity index (χ1v) is 8.22. The van der Waals surface area contributed by atoms with Crippen molar-refractivity contribution < 1.29 is 19.8 Å². The summed E-state index contributed by atoms with van der Waals surface area (Å²) in [5.74, 6) is -2.10. The molecule has 23 heavy (non-hydrogen) atoms. The number of carbonyl (C=O) groups is 2. The van der Waals surface area contributed by atoms with Gasteiger partial charge < -0.3 is 19.8 Å². The zero-order valence-corrected chi connectivity index (χ0v) is 16.1. The molecular formula is C16H14CaO4S2. The van der Waals surface area contributed by atoms with Crippen LogP contribution < -0.4 is 10.2 Å². The van der Waals surface area contributed by atoms with E-state index in [0.717, 1.165) is 0 Å². The molecule has 0 aromatic rings. The van der Waals surface area contributed by atoms with Gasteiger partial charge in [-0.15, -0.1) is 23.5 Å². The molecule has 2 aliphatic heterocycles. The van der Waals surface area contributed by atoms with Gasteiger partial charge in [0.25, 0.3) is 0 Å². The Morgan fingerprint density at radius 3 is 1.35 bits per heavy atom. The number of aliphatic carboxylic acids is 2. The molecule has 0 amide bonds. The fourth-order valence-corrected chi connectivity index (χ4v) is 2.58. The van der Waals surface area contributed by atoms with Gasteiger partial charge in [-0.3, -0.25) is 0 Å². The SMILES string of the molecule is O=C([O-])C1\C=C/C=C\C=C/S1.O=C([O-])C1\C=C/C=C\C=C/S1.[Ca+2].